The number of ether oxygens (including phenoxy) is 1. The topological polar surface area (TPSA) is 51.2 Å². The molecule has 1 aromatic heterocycles. The van der Waals surface area contributed by atoms with E-state index < -0.39 is 11.7 Å². The van der Waals surface area contributed by atoms with Gasteiger partial charge in [-0.3, -0.25) is 0 Å². The molecule has 22 heavy (non-hydrogen) atoms. The number of carbonyl (C=O) groups is 1. The number of aromatic nitrogens is 1. The molecule has 0 aliphatic heterocycles. The van der Waals surface area contributed by atoms with Crippen LogP contribution in [0, 0.1) is 11.8 Å². The van der Waals surface area contributed by atoms with Crippen LogP contribution in [0.2, 0.25) is 5.15 Å². The van der Waals surface area contributed by atoms with Crippen LogP contribution in [0.5, 0.6) is 0 Å². The van der Waals surface area contributed by atoms with Crippen LogP contribution in [-0.2, 0) is 4.74 Å². The lowest BCUT2D eigenvalue weighted by atomic mass is 10.1. The van der Waals surface area contributed by atoms with Crippen molar-refractivity contribution in [3.8, 4) is 11.8 Å². The number of nitrogens with zero attached hydrogens (tertiary/aromatic N) is 1. The van der Waals surface area contributed by atoms with Gasteiger partial charge in [0.05, 0.1) is 12.1 Å². The third-order valence-corrected chi connectivity index (χ3v) is 2.99. The van der Waals surface area contributed by atoms with Crippen molar-refractivity contribution in [3.63, 3.8) is 0 Å². The van der Waals surface area contributed by atoms with Gasteiger partial charge in [0, 0.05) is 17.0 Å². The Kier molecular flexibility index (Phi) is 4.89. The summed E-state index contributed by atoms with van der Waals surface area (Å²) in [6.07, 6.45) is 1.14. The van der Waals surface area contributed by atoms with E-state index in [4.69, 9.17) is 16.3 Å². The number of halogens is 1. The van der Waals surface area contributed by atoms with Crippen molar-refractivity contribution in [2.75, 3.05) is 6.54 Å². The van der Waals surface area contributed by atoms with Crippen LogP contribution < -0.4 is 5.32 Å². The van der Waals surface area contributed by atoms with Crippen LogP contribution in [0.4, 0.5) is 4.79 Å². The van der Waals surface area contributed by atoms with E-state index in [0.29, 0.717) is 5.15 Å². The Morgan fingerprint density at radius 3 is 2.68 bits per heavy atom. The van der Waals surface area contributed by atoms with Gasteiger partial charge in [0.1, 0.15) is 10.8 Å². The maximum absolute atomic E-state index is 11.5. The van der Waals surface area contributed by atoms with E-state index in [0.717, 1.165) is 16.3 Å². The number of fused-ring (bicyclic) bond motifs is 1. The molecule has 0 saturated heterocycles. The van der Waals surface area contributed by atoms with Crippen molar-refractivity contribution in [3.05, 3.63) is 41.2 Å². The van der Waals surface area contributed by atoms with Crippen molar-refractivity contribution < 1.29 is 9.53 Å². The van der Waals surface area contributed by atoms with Gasteiger partial charge in [-0.15, -0.1) is 0 Å². The minimum absolute atomic E-state index is 0.200. The zero-order valence-electron chi connectivity index (χ0n) is 12.7. The third kappa shape index (κ3) is 4.37. The third-order valence-electron chi connectivity index (χ3n) is 2.69. The smallest absolute Gasteiger partial charge is 0.408 e. The lowest BCUT2D eigenvalue weighted by molar-refractivity contribution is 0.0535. The number of alkyl carbamates (subject to hydrolysis) is 1. The second-order valence-corrected chi connectivity index (χ2v) is 6.02. The van der Waals surface area contributed by atoms with E-state index in [2.05, 4.69) is 22.1 Å². The predicted molar refractivity (Wildman–Crippen MR) is 87.9 cm³/mol. The van der Waals surface area contributed by atoms with E-state index in [1.54, 1.807) is 6.20 Å². The highest BCUT2D eigenvalue weighted by molar-refractivity contribution is 6.34. The molecule has 0 atom stereocenters. The first-order valence-corrected chi connectivity index (χ1v) is 7.23. The Hall–Kier alpha value is -2.25. The van der Waals surface area contributed by atoms with Crippen LogP contribution in [0.1, 0.15) is 26.3 Å². The Labute approximate surface area is 134 Å². The quantitative estimate of drug-likeness (QED) is 0.643. The van der Waals surface area contributed by atoms with Gasteiger partial charge in [-0.1, -0.05) is 47.7 Å². The van der Waals surface area contributed by atoms with Crippen LogP contribution in [0.3, 0.4) is 0 Å². The first kappa shape index (κ1) is 16.1. The van der Waals surface area contributed by atoms with E-state index in [1.165, 1.54) is 0 Å². The second-order valence-electron chi connectivity index (χ2n) is 5.67. The van der Waals surface area contributed by atoms with Crippen LogP contribution >= 0.6 is 11.6 Å². The van der Waals surface area contributed by atoms with Gasteiger partial charge < -0.3 is 10.1 Å². The van der Waals surface area contributed by atoms with E-state index in [1.807, 2.05) is 45.0 Å². The van der Waals surface area contributed by atoms with Gasteiger partial charge in [0.25, 0.3) is 0 Å². The first-order valence-electron chi connectivity index (χ1n) is 6.86. The predicted octanol–water partition coefficient (Wildman–Crippen LogP) is 3.76. The molecule has 0 aliphatic carbocycles. The van der Waals surface area contributed by atoms with Crippen LogP contribution in [-0.4, -0.2) is 23.2 Å². The molecule has 0 spiro atoms. The van der Waals surface area contributed by atoms with Crippen LogP contribution in [0.25, 0.3) is 10.8 Å². The van der Waals surface area contributed by atoms with Gasteiger partial charge in [0.2, 0.25) is 0 Å². The molecule has 0 bridgehead atoms. The summed E-state index contributed by atoms with van der Waals surface area (Å²) >= 11 is 6.06. The highest BCUT2D eigenvalue weighted by atomic mass is 35.5. The van der Waals surface area contributed by atoms with Crippen molar-refractivity contribution in [1.29, 1.82) is 0 Å². The van der Waals surface area contributed by atoms with Crippen molar-refractivity contribution >= 4 is 28.5 Å². The lowest BCUT2D eigenvalue weighted by Gasteiger charge is -2.19. The molecule has 5 heteroatoms. The number of nitrogens with one attached hydrogen (secondary N) is 1. The molecule has 0 saturated carbocycles. The molecular weight excluding hydrogens is 300 g/mol. The summed E-state index contributed by atoms with van der Waals surface area (Å²) in [5, 5.41) is 4.83. The summed E-state index contributed by atoms with van der Waals surface area (Å²) in [5.74, 6) is 5.88. The Bertz CT molecular complexity index is 755. The highest BCUT2D eigenvalue weighted by Crippen LogP contribution is 2.23. The number of benzene rings is 1. The highest BCUT2D eigenvalue weighted by Gasteiger charge is 2.15. The largest absolute Gasteiger partial charge is 0.444 e. The Morgan fingerprint density at radius 1 is 1.32 bits per heavy atom. The second kappa shape index (κ2) is 6.67. The molecule has 114 valence electrons. The fourth-order valence-corrected chi connectivity index (χ4v) is 2.04. The van der Waals surface area contributed by atoms with Gasteiger partial charge in [-0.2, -0.15) is 0 Å². The molecule has 1 aromatic carbocycles. The molecule has 1 heterocycles. The van der Waals surface area contributed by atoms with Crippen LogP contribution in [0.15, 0.2) is 30.5 Å². The molecule has 0 fully saturated rings. The van der Waals surface area contributed by atoms with Crippen molar-refractivity contribution in [2.24, 2.45) is 0 Å². The zero-order chi connectivity index (χ0) is 16.2. The minimum Gasteiger partial charge on any atom is -0.444 e. The van der Waals surface area contributed by atoms with Crippen molar-refractivity contribution in [2.45, 2.75) is 26.4 Å². The van der Waals surface area contributed by atoms with Crippen molar-refractivity contribution in [1.82, 2.24) is 10.3 Å². The minimum atomic E-state index is -0.520. The summed E-state index contributed by atoms with van der Waals surface area (Å²) in [7, 11) is 0. The van der Waals surface area contributed by atoms with Gasteiger partial charge >= 0.3 is 6.09 Å². The molecular formula is C17H17ClN2O2. The van der Waals surface area contributed by atoms with E-state index >= 15 is 0 Å². The van der Waals surface area contributed by atoms with E-state index in [9.17, 15) is 4.79 Å². The molecule has 2 aromatic rings. The standard InChI is InChI=1S/C17H17ClN2O2/c1-17(2,3)22-16(21)19-10-6-7-12-11-20-15(18)14-9-5-4-8-13(12)14/h4-5,8-9,11H,10H2,1-3H3,(H,19,21). The monoisotopic (exact) mass is 316 g/mol. The average Bonchev–Trinajstić information content (AvgIpc) is 2.44. The lowest BCUT2D eigenvalue weighted by Crippen LogP contribution is -2.32. The van der Waals surface area contributed by atoms with Gasteiger partial charge in [0.15, 0.2) is 0 Å². The summed E-state index contributed by atoms with van der Waals surface area (Å²) < 4.78 is 5.13. The van der Waals surface area contributed by atoms with Gasteiger partial charge in [-0.05, 0) is 20.8 Å². The molecule has 1 N–H and O–H groups in total. The Balaban J connectivity index is 2.07. The molecule has 4 nitrogen and oxygen atoms in total. The number of amides is 1. The average molecular weight is 317 g/mol. The normalized spacial score (nSPS) is 10.7. The first-order chi connectivity index (χ1) is 10.4. The van der Waals surface area contributed by atoms with E-state index in [-0.39, 0.29) is 6.54 Å². The molecule has 0 radical (unpaired) electrons. The molecule has 0 unspecified atom stereocenters. The number of rotatable bonds is 1. The zero-order valence-corrected chi connectivity index (χ0v) is 13.5. The molecule has 1 amide bonds. The maximum atomic E-state index is 11.5. The fraction of sp³-hybridized carbons (Fsp3) is 0.294. The number of hydrogen-bond donors (Lipinski definition) is 1. The summed E-state index contributed by atoms with van der Waals surface area (Å²) in [6.45, 7) is 5.63. The molecule has 2 rings (SSSR count). The van der Waals surface area contributed by atoms with Gasteiger partial charge in [-0.25, -0.2) is 9.78 Å². The maximum Gasteiger partial charge on any atom is 0.408 e. The summed E-state index contributed by atoms with van der Waals surface area (Å²) in [5.41, 5.74) is 0.249. The fourth-order valence-electron chi connectivity index (χ4n) is 1.83. The summed E-state index contributed by atoms with van der Waals surface area (Å²) in [4.78, 5) is 15.6. The number of hydrogen-bond acceptors (Lipinski definition) is 3. The number of carbonyl (C=O) groups excluding carboxylic acids is 1. The summed E-state index contributed by atoms with van der Waals surface area (Å²) in [6, 6.07) is 7.66. The Morgan fingerprint density at radius 2 is 2.00 bits per heavy atom. The number of pyridine rings is 1. The SMILES string of the molecule is CC(C)(C)OC(=O)NCC#Cc1cnc(Cl)c2ccccc12. The molecule has 0 aliphatic rings.